The Morgan fingerprint density at radius 2 is 0.855 bits per heavy atom. The van der Waals surface area contributed by atoms with Gasteiger partial charge >= 0.3 is 0 Å². The predicted octanol–water partition coefficient (Wildman–Crippen LogP) is 15.8. The predicted molar refractivity (Wildman–Crippen MR) is 258 cm³/mol. The lowest BCUT2D eigenvalue weighted by atomic mass is 9.99. The molecular weight excluding hydrogens is 775 g/mol. The van der Waals surface area contributed by atoms with E-state index in [2.05, 4.69) is 30.3 Å². The summed E-state index contributed by atoms with van der Waals surface area (Å²) < 4.78 is 105. The average molecular weight is 821 g/mol. The van der Waals surface area contributed by atoms with E-state index in [1.807, 2.05) is 115 Å². The molecule has 0 spiro atoms. The first-order valence-electron chi connectivity index (χ1n) is 25.4. The van der Waals surface area contributed by atoms with E-state index < -0.39 is 66.0 Å². The lowest BCUT2D eigenvalue weighted by Gasteiger charge is -2.10. The van der Waals surface area contributed by atoms with Gasteiger partial charge in [0, 0.05) is 58.8 Å². The number of benzene rings is 9. The molecule has 62 heavy (non-hydrogen) atoms. The Hall–Kier alpha value is -7.99. The van der Waals surface area contributed by atoms with Crippen LogP contribution < -0.4 is 0 Å². The molecule has 3 heterocycles. The van der Waals surface area contributed by atoms with Gasteiger partial charge < -0.3 is 4.42 Å². The van der Waals surface area contributed by atoms with Crippen molar-refractivity contribution >= 4 is 53.4 Å². The van der Waals surface area contributed by atoms with E-state index in [0.29, 0.717) is 11.1 Å². The van der Waals surface area contributed by atoms with Gasteiger partial charge in [-0.25, -0.2) is 15.0 Å². The molecule has 4 nitrogen and oxygen atoms in total. The quantitative estimate of drug-likeness (QED) is 0.161. The average Bonchev–Trinajstić information content (AvgIpc) is 4.04. The van der Waals surface area contributed by atoms with Crippen molar-refractivity contribution in [2.45, 2.75) is 0 Å². The molecule has 0 radical (unpaired) electrons. The van der Waals surface area contributed by atoms with Gasteiger partial charge in [-0.3, -0.25) is 0 Å². The molecule has 0 N–H and O–H groups in total. The maximum absolute atomic E-state index is 9.67. The van der Waals surface area contributed by atoms with Gasteiger partial charge in [0.2, 0.25) is 0 Å². The molecule has 0 aliphatic rings. The number of fused-ring (bicyclic) bond motifs is 6. The minimum Gasteiger partial charge on any atom is -0.455 e. The van der Waals surface area contributed by atoms with E-state index in [0.717, 1.165) is 66.7 Å². The molecule has 0 aliphatic heterocycles. The molecule has 5 heteroatoms. The second kappa shape index (κ2) is 14.9. The van der Waals surface area contributed by atoms with Crippen molar-refractivity contribution in [1.82, 2.24) is 15.0 Å². The molecule has 0 atom stereocenters. The Labute approximate surface area is 377 Å². The number of para-hydroxylation sites is 2. The third kappa shape index (κ3) is 6.35. The highest BCUT2D eigenvalue weighted by atomic mass is 32.1. The monoisotopic (exact) mass is 820 g/mol. The minimum absolute atomic E-state index is 0.0109. The topological polar surface area (TPSA) is 51.8 Å². The highest BCUT2D eigenvalue weighted by Gasteiger charge is 2.18. The van der Waals surface area contributed by atoms with E-state index in [4.69, 9.17) is 29.0 Å². The van der Waals surface area contributed by atoms with Gasteiger partial charge in [-0.1, -0.05) is 194 Å². The van der Waals surface area contributed by atoms with E-state index in [1.165, 1.54) is 0 Å². The molecule has 0 amide bonds. The first-order valence-corrected chi connectivity index (χ1v) is 20.7. The molecular formula is C57H35N3OS. The fraction of sp³-hybridized carbons (Fsp3) is 0. The maximum atomic E-state index is 9.67. The van der Waals surface area contributed by atoms with Crippen LogP contribution in [-0.4, -0.2) is 15.0 Å². The van der Waals surface area contributed by atoms with Gasteiger partial charge in [0.1, 0.15) is 11.2 Å². The zero-order chi connectivity index (χ0) is 50.6. The Morgan fingerprint density at radius 1 is 0.339 bits per heavy atom. The minimum atomic E-state index is -0.665. The van der Waals surface area contributed by atoms with Crippen molar-refractivity contribution in [3.8, 4) is 78.7 Å². The van der Waals surface area contributed by atoms with Gasteiger partial charge in [-0.15, -0.1) is 11.3 Å². The zero-order valence-corrected chi connectivity index (χ0v) is 33.3. The van der Waals surface area contributed by atoms with Crippen molar-refractivity contribution in [2.24, 2.45) is 0 Å². The van der Waals surface area contributed by atoms with Crippen LogP contribution in [0.2, 0.25) is 0 Å². The van der Waals surface area contributed by atoms with Crippen LogP contribution in [0.25, 0.3) is 121 Å². The summed E-state index contributed by atoms with van der Waals surface area (Å²) in [5.41, 5.74) is 7.67. The van der Waals surface area contributed by atoms with Gasteiger partial charge in [-0.2, -0.15) is 0 Å². The maximum Gasteiger partial charge on any atom is 0.164 e. The Bertz CT molecular complexity index is 4230. The van der Waals surface area contributed by atoms with Crippen LogP contribution in [-0.2, 0) is 0 Å². The lowest BCUT2D eigenvalue weighted by Crippen LogP contribution is -2.00. The van der Waals surface area contributed by atoms with Crippen molar-refractivity contribution in [1.29, 1.82) is 0 Å². The summed E-state index contributed by atoms with van der Waals surface area (Å²) in [6.07, 6.45) is 0. The van der Waals surface area contributed by atoms with E-state index in [9.17, 15) is 5.48 Å². The Balaban J connectivity index is 1.02. The van der Waals surface area contributed by atoms with Gasteiger partial charge in [-0.05, 0) is 51.5 Å². The summed E-state index contributed by atoms with van der Waals surface area (Å²) in [5.74, 6) is 0.424. The fourth-order valence-corrected chi connectivity index (χ4v) is 8.85. The second-order valence-corrected chi connectivity index (χ2v) is 15.7. The summed E-state index contributed by atoms with van der Waals surface area (Å²) in [6, 6.07) is 41.9. The number of rotatable bonds is 7. The molecule has 0 saturated heterocycles. The molecule has 0 saturated carbocycles. The molecule has 0 fully saturated rings. The highest BCUT2D eigenvalue weighted by Crippen LogP contribution is 2.41. The number of aromatic nitrogens is 3. The van der Waals surface area contributed by atoms with Crippen LogP contribution in [0, 0.1) is 0 Å². The van der Waals surface area contributed by atoms with Crippen LogP contribution in [0.15, 0.2) is 216 Å². The fourth-order valence-electron chi connectivity index (χ4n) is 7.88. The second-order valence-electron chi connectivity index (χ2n) is 14.7. The molecule has 9 aromatic carbocycles. The molecule has 290 valence electrons. The smallest absolute Gasteiger partial charge is 0.164 e. The van der Waals surface area contributed by atoms with Crippen LogP contribution in [0.3, 0.4) is 0 Å². The summed E-state index contributed by atoms with van der Waals surface area (Å²) >= 11 is 0.903. The summed E-state index contributed by atoms with van der Waals surface area (Å²) in [5, 5.41) is 1.94. The summed E-state index contributed by atoms with van der Waals surface area (Å²) in [4.78, 5) is 14.7. The van der Waals surface area contributed by atoms with Gasteiger partial charge in [0.05, 0.1) is 15.1 Å². The normalized spacial score (nSPS) is 14.0. The van der Waals surface area contributed by atoms with Crippen molar-refractivity contribution in [3.05, 3.63) is 212 Å². The van der Waals surface area contributed by atoms with Crippen molar-refractivity contribution in [2.75, 3.05) is 0 Å². The molecule has 0 aliphatic carbocycles. The van der Waals surface area contributed by atoms with E-state index in [1.54, 1.807) is 0 Å². The largest absolute Gasteiger partial charge is 0.455 e. The molecule has 12 aromatic rings. The van der Waals surface area contributed by atoms with Crippen LogP contribution in [0.1, 0.15) is 15.1 Å². The van der Waals surface area contributed by atoms with Crippen LogP contribution in [0.4, 0.5) is 0 Å². The standard InChI is InChI=1S/C57H35N3OS/c1-4-12-36(13-5-1)38-22-26-41(27-23-38)55-58-56(60-57(59-55)44-30-32-47-50-34-43(37-14-6-2-7-15-37)31-33-51(50)62-52(47)35-44)42-28-24-40(25-29-42)46-19-11-21-49-48-20-10-18-45(53(48)61-54(46)49)39-16-8-3-9-17-39/h1-35H/i2D,6D,7D,14D,15D,30D,31D,32D,33D,34D,35D. The van der Waals surface area contributed by atoms with E-state index >= 15 is 0 Å². The van der Waals surface area contributed by atoms with Crippen molar-refractivity contribution in [3.63, 3.8) is 0 Å². The van der Waals surface area contributed by atoms with Gasteiger partial charge in [0.25, 0.3) is 0 Å². The SMILES string of the molecule is [2H]c1c([2H])c([2H])c(-c2c([2H])c([2H])c3sc4c([2H])c(-c5nc(-c6ccc(-c7ccccc7)cc6)nc(-c6ccc(-c7cccc8c7oc7c(-c9ccccc9)cccc78)cc6)n5)c([2H])c([2H])c4c3c2[2H])c([2H])c1[2H]. The van der Waals surface area contributed by atoms with Crippen LogP contribution in [0.5, 0.6) is 0 Å². The summed E-state index contributed by atoms with van der Waals surface area (Å²) in [6.45, 7) is 0. The third-order valence-corrected chi connectivity index (χ3v) is 12.0. The number of hydrogen-bond acceptors (Lipinski definition) is 5. The summed E-state index contributed by atoms with van der Waals surface area (Å²) in [7, 11) is 0. The van der Waals surface area contributed by atoms with Crippen LogP contribution >= 0.6 is 11.3 Å². The van der Waals surface area contributed by atoms with Crippen molar-refractivity contribution < 1.29 is 19.5 Å². The molecule has 0 bridgehead atoms. The number of thiophene rings is 1. The lowest BCUT2D eigenvalue weighted by molar-refractivity contribution is 0.671. The number of furan rings is 1. The number of nitrogens with zero attached hydrogens (tertiary/aromatic N) is 3. The molecule has 3 aromatic heterocycles. The van der Waals surface area contributed by atoms with E-state index in [-0.39, 0.29) is 54.8 Å². The Kier molecular flexibility index (Phi) is 6.32. The third-order valence-electron chi connectivity index (χ3n) is 10.9. The molecule has 12 rings (SSSR count). The van der Waals surface area contributed by atoms with Gasteiger partial charge in [0.15, 0.2) is 17.5 Å². The zero-order valence-electron chi connectivity index (χ0n) is 43.5. The Morgan fingerprint density at radius 3 is 1.48 bits per heavy atom. The first kappa shape index (κ1) is 26.3. The highest BCUT2D eigenvalue weighted by molar-refractivity contribution is 7.25. The first-order chi connectivity index (χ1) is 35.3. The molecule has 0 unspecified atom stereocenters. The number of hydrogen-bond donors (Lipinski definition) is 0.